The summed E-state index contributed by atoms with van der Waals surface area (Å²) in [6.45, 7) is 2.33. The topological polar surface area (TPSA) is 77.8 Å². The zero-order valence-corrected chi connectivity index (χ0v) is 25.9. The van der Waals surface area contributed by atoms with Crippen LogP contribution in [0.5, 0.6) is 0 Å². The van der Waals surface area contributed by atoms with Gasteiger partial charge >= 0.3 is 7.60 Å². The van der Waals surface area contributed by atoms with Crippen LogP contribution in [0.3, 0.4) is 0 Å². The maximum atomic E-state index is 11.8. The number of hydrogen-bond donors (Lipinski definition) is 3. The first-order valence-electron chi connectivity index (χ1n) is 15.4. The summed E-state index contributed by atoms with van der Waals surface area (Å²) < 4.78 is 12.1. The van der Waals surface area contributed by atoms with Crippen molar-refractivity contribution in [1.82, 2.24) is 0 Å². The van der Waals surface area contributed by atoms with Crippen LogP contribution >= 0.6 is 7.60 Å². The molecule has 1 unspecified atom stereocenters. The first-order valence-corrected chi connectivity index (χ1v) is 17.0. The number of aliphatic hydroxyl groups is 1. The smallest absolute Gasteiger partial charge is 0.362 e. The minimum absolute atomic E-state index is 0.0473. The predicted molar refractivity (Wildman–Crippen MR) is 161 cm³/mol. The molecule has 37 heavy (non-hydrogen) atoms. The van der Waals surface area contributed by atoms with Crippen molar-refractivity contribution in [2.45, 2.75) is 147 Å². The molecule has 0 aromatic rings. The molecule has 0 amide bonds. The van der Waals surface area contributed by atoms with Crippen LogP contribution in [0.2, 0.25) is 0 Å². The van der Waals surface area contributed by atoms with Gasteiger partial charge in [0.25, 0.3) is 0 Å². The zero-order valence-electron chi connectivity index (χ0n) is 25.0. The summed E-state index contributed by atoms with van der Waals surface area (Å²) in [5, 5.41) is 8.64. The molecule has 0 aromatic heterocycles. The maximum absolute atomic E-state index is 11.8. The summed E-state index contributed by atoms with van der Waals surface area (Å²) in [7, 11) is 0.943. The van der Waals surface area contributed by atoms with Crippen molar-refractivity contribution in [3.8, 4) is 0 Å². The molecule has 0 aliphatic carbocycles. The molecule has 0 aliphatic rings. The zero-order chi connectivity index (χ0) is 27.9. The number of unbranched alkanes of at least 4 members (excludes halogenated alkanes) is 17. The van der Waals surface area contributed by atoms with E-state index in [1.807, 2.05) is 21.1 Å². The third-order valence-corrected chi connectivity index (χ3v) is 8.47. The Morgan fingerprint density at radius 2 is 0.919 bits per heavy atom. The molecule has 0 rings (SSSR count). The summed E-state index contributed by atoms with van der Waals surface area (Å²) in [5.41, 5.74) is 0. The van der Waals surface area contributed by atoms with E-state index in [0.29, 0.717) is 10.9 Å². The van der Waals surface area contributed by atoms with Crippen molar-refractivity contribution >= 4 is 7.60 Å². The summed E-state index contributed by atoms with van der Waals surface area (Å²) in [5.74, 6) is 0. The summed E-state index contributed by atoms with van der Waals surface area (Å²) in [6, 6.07) is 0. The predicted octanol–water partition coefficient (Wildman–Crippen LogP) is 8.88. The molecule has 3 N–H and O–H groups in total. The molecule has 0 fully saturated rings. The van der Waals surface area contributed by atoms with Gasteiger partial charge in [-0.3, -0.25) is 4.57 Å². The lowest BCUT2D eigenvalue weighted by Gasteiger charge is -2.35. The van der Waals surface area contributed by atoms with Gasteiger partial charge in [-0.1, -0.05) is 102 Å². The summed E-state index contributed by atoms with van der Waals surface area (Å²) in [6.07, 6.45) is 34.3. The first-order chi connectivity index (χ1) is 17.5. The van der Waals surface area contributed by atoms with Crippen molar-refractivity contribution in [1.29, 1.82) is 0 Å². The van der Waals surface area contributed by atoms with E-state index < -0.39 is 12.9 Å². The van der Waals surface area contributed by atoms with Gasteiger partial charge in [-0.2, -0.15) is 0 Å². The van der Waals surface area contributed by atoms with Crippen LogP contribution in [0.4, 0.5) is 0 Å². The van der Waals surface area contributed by atoms with Gasteiger partial charge in [0.05, 0.1) is 21.1 Å². The van der Waals surface area contributed by atoms with E-state index >= 15 is 0 Å². The number of allylic oxidation sites excluding steroid dienone is 4. The molecule has 0 spiro atoms. The monoisotopic (exact) mass is 544 g/mol. The van der Waals surface area contributed by atoms with Crippen LogP contribution in [0.15, 0.2) is 24.3 Å². The highest BCUT2D eigenvalue weighted by Crippen LogP contribution is 2.52. The highest BCUT2D eigenvalue weighted by atomic mass is 31.2. The summed E-state index contributed by atoms with van der Waals surface area (Å²) >= 11 is 0. The van der Waals surface area contributed by atoms with Gasteiger partial charge in [-0.05, 0) is 64.2 Å². The van der Waals surface area contributed by atoms with Crippen molar-refractivity contribution in [2.75, 3.05) is 27.7 Å². The molecule has 0 aliphatic heterocycles. The minimum Gasteiger partial charge on any atom is -0.373 e. The minimum atomic E-state index is -4.56. The van der Waals surface area contributed by atoms with E-state index in [0.717, 1.165) is 25.7 Å². The molecule has 220 valence electrons. The molecular formula is C31H63NO4P+. The Bertz CT molecular complexity index is 623. The number of hydrogen-bond acceptors (Lipinski definition) is 2. The molecule has 0 aromatic carbocycles. The lowest BCUT2D eigenvalue weighted by molar-refractivity contribution is -0.875. The Morgan fingerprint density at radius 1 is 0.595 bits per heavy atom. The number of quaternary nitrogens is 1. The second-order valence-electron chi connectivity index (χ2n) is 12.1. The molecule has 0 radical (unpaired) electrons. The Morgan fingerprint density at radius 3 is 1.27 bits per heavy atom. The normalized spacial score (nSPS) is 14.7. The lowest BCUT2D eigenvalue weighted by atomic mass is 10.1. The van der Waals surface area contributed by atoms with Crippen molar-refractivity contribution < 1.29 is 23.9 Å². The fourth-order valence-electron chi connectivity index (χ4n) is 4.85. The fourth-order valence-corrected chi connectivity index (χ4v) is 5.90. The quantitative estimate of drug-likeness (QED) is 0.0440. The molecule has 1 atom stereocenters. The second-order valence-corrected chi connectivity index (χ2v) is 14.0. The molecule has 0 bridgehead atoms. The van der Waals surface area contributed by atoms with Gasteiger partial charge in [0, 0.05) is 0 Å². The van der Waals surface area contributed by atoms with Gasteiger partial charge < -0.3 is 19.4 Å². The molecule has 0 saturated carbocycles. The lowest BCUT2D eigenvalue weighted by Crippen LogP contribution is -2.49. The van der Waals surface area contributed by atoms with Crippen molar-refractivity contribution in [3.63, 3.8) is 0 Å². The van der Waals surface area contributed by atoms with Crippen LogP contribution in [-0.4, -0.2) is 52.4 Å². The number of likely N-dealkylation sites (N-methyl/N-ethyl adjacent to an activating group) is 1. The van der Waals surface area contributed by atoms with E-state index in [-0.39, 0.29) is 13.0 Å². The molecule has 6 heteroatoms. The molecule has 5 nitrogen and oxygen atoms in total. The molecular weight excluding hydrogens is 481 g/mol. The Hall–Kier alpha value is -0.450. The van der Waals surface area contributed by atoms with Crippen LogP contribution in [0.25, 0.3) is 0 Å². The Labute approximate surface area is 230 Å². The highest BCUT2D eigenvalue weighted by molar-refractivity contribution is 7.53. The van der Waals surface area contributed by atoms with Gasteiger partial charge in [0.15, 0.2) is 0 Å². The first kappa shape index (κ1) is 36.5. The average Bonchev–Trinajstić information content (AvgIpc) is 2.80. The van der Waals surface area contributed by atoms with E-state index in [1.54, 1.807) is 0 Å². The maximum Gasteiger partial charge on any atom is 0.362 e. The molecule has 0 saturated heterocycles. The summed E-state index contributed by atoms with van der Waals surface area (Å²) in [4.78, 5) is 19.2. The van der Waals surface area contributed by atoms with Crippen LogP contribution < -0.4 is 0 Å². The van der Waals surface area contributed by atoms with Gasteiger partial charge in [0.2, 0.25) is 5.34 Å². The fraction of sp³-hybridized carbons (Fsp3) is 0.871. The standard InChI is InChI=1S/C31H62NO4P/c1-5-6-7-8-9-10-11-12-13-14-15-16-17-18-19-20-21-22-23-24-25-26-27-28-29-31(33,37(34,35)36)30-32(2,3)4/h17-18,23-24,33H,5-16,19-22,25-30H2,1-4H3,(H-,34,35,36)/p+1/b18-17-,24-23-. The van der Waals surface area contributed by atoms with Crippen LogP contribution in [0, 0.1) is 0 Å². The Kier molecular flexibility index (Phi) is 22.1. The van der Waals surface area contributed by atoms with E-state index in [1.165, 1.54) is 96.3 Å². The number of nitrogens with zero attached hydrogens (tertiary/aromatic N) is 1. The van der Waals surface area contributed by atoms with Gasteiger partial charge in [-0.15, -0.1) is 0 Å². The SMILES string of the molecule is CCCCCCCCCCCCC/C=C\CCCC/C=C\CCCCCC(O)(C[N+](C)(C)C)P(=O)(O)O. The van der Waals surface area contributed by atoms with E-state index in [9.17, 15) is 19.5 Å². The third-order valence-electron chi connectivity index (χ3n) is 7.02. The second kappa shape index (κ2) is 22.4. The number of rotatable bonds is 26. The van der Waals surface area contributed by atoms with Crippen LogP contribution in [0.1, 0.15) is 142 Å². The van der Waals surface area contributed by atoms with Crippen molar-refractivity contribution in [2.24, 2.45) is 0 Å². The Balaban J connectivity index is 3.57. The highest BCUT2D eigenvalue weighted by Gasteiger charge is 2.48. The average molecular weight is 545 g/mol. The largest absolute Gasteiger partial charge is 0.373 e. The van der Waals surface area contributed by atoms with E-state index in [4.69, 9.17) is 0 Å². The van der Waals surface area contributed by atoms with Crippen molar-refractivity contribution in [3.05, 3.63) is 24.3 Å². The van der Waals surface area contributed by atoms with Gasteiger partial charge in [0.1, 0.15) is 6.54 Å². The van der Waals surface area contributed by atoms with Gasteiger partial charge in [-0.25, -0.2) is 0 Å². The third kappa shape index (κ3) is 23.2. The molecule has 0 heterocycles. The van der Waals surface area contributed by atoms with Crippen LogP contribution in [-0.2, 0) is 4.57 Å². The van der Waals surface area contributed by atoms with E-state index in [2.05, 4.69) is 31.2 Å².